The highest BCUT2D eigenvalue weighted by Gasteiger charge is 2.27. The van der Waals surface area contributed by atoms with Gasteiger partial charge in [0.25, 0.3) is 10.0 Å². The Kier molecular flexibility index (Phi) is 5.91. The first-order valence-electron chi connectivity index (χ1n) is 6.88. The van der Waals surface area contributed by atoms with Crippen molar-refractivity contribution < 1.29 is 18.3 Å². The van der Waals surface area contributed by atoms with Crippen molar-refractivity contribution >= 4 is 16.0 Å². The summed E-state index contributed by atoms with van der Waals surface area (Å²) in [5, 5.41) is 8.95. The van der Waals surface area contributed by atoms with Crippen molar-refractivity contribution in [2.45, 2.75) is 51.7 Å². The van der Waals surface area contributed by atoms with E-state index in [4.69, 9.17) is 5.11 Å². The van der Waals surface area contributed by atoms with Crippen LogP contribution in [0.3, 0.4) is 0 Å². The van der Waals surface area contributed by atoms with Crippen LogP contribution in [0.15, 0.2) is 17.6 Å². The van der Waals surface area contributed by atoms with E-state index in [1.54, 1.807) is 4.57 Å². The molecule has 0 saturated heterocycles. The van der Waals surface area contributed by atoms with Crippen LogP contribution in [0.1, 0.15) is 34.1 Å². The Morgan fingerprint density at radius 3 is 2.43 bits per heavy atom. The molecule has 1 aromatic rings. The SMILES string of the molecule is CC(C)C[C@H](NS(=O)(=O)c1cn(CC(C)C)cn1)C(=O)O. The van der Waals surface area contributed by atoms with Gasteiger partial charge in [-0.3, -0.25) is 4.79 Å². The smallest absolute Gasteiger partial charge is 0.321 e. The van der Waals surface area contributed by atoms with Crippen LogP contribution in [0, 0.1) is 11.8 Å². The molecule has 0 spiro atoms. The molecule has 0 aromatic carbocycles. The van der Waals surface area contributed by atoms with Crippen LogP contribution in [-0.2, 0) is 21.4 Å². The van der Waals surface area contributed by atoms with Crippen molar-refractivity contribution in [1.82, 2.24) is 14.3 Å². The standard InChI is InChI=1S/C13H23N3O4S/c1-9(2)5-11(13(17)18)15-21(19,20)12-7-16(8-14-12)6-10(3)4/h7-11,15H,5-6H2,1-4H3,(H,17,18)/t11-/m0/s1. The number of hydrogen-bond acceptors (Lipinski definition) is 4. The van der Waals surface area contributed by atoms with Gasteiger partial charge in [0.2, 0.25) is 0 Å². The van der Waals surface area contributed by atoms with Gasteiger partial charge >= 0.3 is 5.97 Å². The number of carboxylic acids is 1. The molecule has 0 aliphatic rings. The van der Waals surface area contributed by atoms with E-state index in [9.17, 15) is 13.2 Å². The zero-order valence-corrected chi connectivity index (χ0v) is 13.6. The Morgan fingerprint density at radius 2 is 1.95 bits per heavy atom. The number of nitrogens with zero attached hydrogens (tertiary/aromatic N) is 2. The van der Waals surface area contributed by atoms with Crippen LogP contribution in [0.25, 0.3) is 0 Å². The summed E-state index contributed by atoms with van der Waals surface area (Å²) in [7, 11) is -3.93. The lowest BCUT2D eigenvalue weighted by Crippen LogP contribution is -2.41. The molecule has 0 amide bonds. The fourth-order valence-corrected chi connectivity index (χ4v) is 3.07. The summed E-state index contributed by atoms with van der Waals surface area (Å²) in [6.45, 7) is 8.34. The number of aromatic nitrogens is 2. The van der Waals surface area contributed by atoms with Gasteiger partial charge in [-0.2, -0.15) is 4.72 Å². The molecule has 2 N–H and O–H groups in total. The first kappa shape index (κ1) is 17.6. The van der Waals surface area contributed by atoms with Gasteiger partial charge in [0.05, 0.1) is 6.33 Å². The first-order chi connectivity index (χ1) is 9.61. The van der Waals surface area contributed by atoms with Gasteiger partial charge in [-0.25, -0.2) is 13.4 Å². The average Bonchev–Trinajstić information content (AvgIpc) is 2.75. The molecule has 1 rings (SSSR count). The van der Waals surface area contributed by atoms with E-state index in [-0.39, 0.29) is 17.4 Å². The summed E-state index contributed by atoms with van der Waals surface area (Å²) in [5.74, 6) is -0.767. The van der Waals surface area contributed by atoms with E-state index >= 15 is 0 Å². The summed E-state index contributed by atoms with van der Waals surface area (Å²) >= 11 is 0. The number of aliphatic carboxylic acids is 1. The second-order valence-electron chi connectivity index (χ2n) is 5.94. The molecule has 0 unspecified atom stereocenters. The van der Waals surface area contributed by atoms with Crippen molar-refractivity contribution in [3.63, 3.8) is 0 Å². The maximum Gasteiger partial charge on any atom is 0.321 e. The maximum absolute atomic E-state index is 12.2. The zero-order valence-electron chi connectivity index (χ0n) is 12.8. The quantitative estimate of drug-likeness (QED) is 0.753. The van der Waals surface area contributed by atoms with E-state index < -0.39 is 22.0 Å². The predicted molar refractivity (Wildman–Crippen MR) is 78.3 cm³/mol. The minimum absolute atomic E-state index is 0.0623. The van der Waals surface area contributed by atoms with Crippen molar-refractivity contribution in [2.75, 3.05) is 0 Å². The summed E-state index contributed by atoms with van der Waals surface area (Å²) in [4.78, 5) is 15.0. The highest BCUT2D eigenvalue weighted by atomic mass is 32.2. The van der Waals surface area contributed by atoms with Crippen molar-refractivity contribution in [2.24, 2.45) is 11.8 Å². The third-order valence-electron chi connectivity index (χ3n) is 2.76. The molecule has 21 heavy (non-hydrogen) atoms. The number of sulfonamides is 1. The third kappa shape index (κ3) is 5.47. The first-order valence-corrected chi connectivity index (χ1v) is 8.37. The molecule has 7 nitrogen and oxygen atoms in total. The molecule has 0 aliphatic carbocycles. The fourth-order valence-electron chi connectivity index (χ4n) is 1.92. The molecule has 8 heteroatoms. The second-order valence-corrected chi connectivity index (χ2v) is 7.61. The van der Waals surface area contributed by atoms with Crippen LogP contribution >= 0.6 is 0 Å². The van der Waals surface area contributed by atoms with Crippen molar-refractivity contribution in [3.05, 3.63) is 12.5 Å². The second kappa shape index (κ2) is 7.04. The van der Waals surface area contributed by atoms with Gasteiger partial charge in [-0.15, -0.1) is 0 Å². The Morgan fingerprint density at radius 1 is 1.33 bits per heavy atom. The van der Waals surface area contributed by atoms with Crippen LogP contribution in [-0.4, -0.2) is 35.1 Å². The van der Waals surface area contributed by atoms with Gasteiger partial charge in [-0.05, 0) is 18.3 Å². The Bertz CT molecular complexity index is 578. The number of nitrogens with one attached hydrogen (secondary N) is 1. The van der Waals surface area contributed by atoms with E-state index in [0.717, 1.165) is 0 Å². The van der Waals surface area contributed by atoms with Gasteiger partial charge in [0.1, 0.15) is 6.04 Å². The lowest BCUT2D eigenvalue weighted by molar-refractivity contribution is -0.139. The average molecular weight is 317 g/mol. The Labute approximate surface area is 125 Å². The van der Waals surface area contributed by atoms with Gasteiger partial charge in [-0.1, -0.05) is 27.7 Å². The molecule has 0 saturated carbocycles. The highest BCUT2D eigenvalue weighted by molar-refractivity contribution is 7.89. The third-order valence-corrected chi connectivity index (χ3v) is 4.12. The van der Waals surface area contributed by atoms with Gasteiger partial charge in [0.15, 0.2) is 5.03 Å². The fraction of sp³-hybridized carbons (Fsp3) is 0.692. The van der Waals surface area contributed by atoms with E-state index in [1.165, 1.54) is 12.5 Å². The molecule has 1 heterocycles. The molecule has 1 atom stereocenters. The zero-order chi connectivity index (χ0) is 16.2. The molecular weight excluding hydrogens is 294 g/mol. The normalized spacial score (nSPS) is 13.8. The van der Waals surface area contributed by atoms with E-state index in [2.05, 4.69) is 9.71 Å². The largest absolute Gasteiger partial charge is 0.480 e. The summed E-state index contributed by atoms with van der Waals surface area (Å²) < 4.78 is 28.2. The number of hydrogen-bond donors (Lipinski definition) is 2. The van der Waals surface area contributed by atoms with Crippen molar-refractivity contribution in [1.29, 1.82) is 0 Å². The summed E-state index contributed by atoms with van der Waals surface area (Å²) in [6, 6.07) is -1.15. The summed E-state index contributed by atoms with van der Waals surface area (Å²) in [6.07, 6.45) is 3.07. The molecule has 0 bridgehead atoms. The van der Waals surface area contributed by atoms with Crippen LogP contribution < -0.4 is 4.72 Å². The molecule has 120 valence electrons. The van der Waals surface area contributed by atoms with Crippen LogP contribution in [0.5, 0.6) is 0 Å². The highest BCUT2D eigenvalue weighted by Crippen LogP contribution is 2.11. The van der Waals surface area contributed by atoms with E-state index in [0.29, 0.717) is 12.5 Å². The number of carboxylic acid groups (broad SMARTS) is 1. The molecular formula is C13H23N3O4S. The minimum atomic E-state index is -3.93. The van der Waals surface area contributed by atoms with E-state index in [1.807, 2.05) is 27.7 Å². The predicted octanol–water partition coefficient (Wildman–Crippen LogP) is 1.32. The number of rotatable bonds is 8. The van der Waals surface area contributed by atoms with Crippen LogP contribution in [0.4, 0.5) is 0 Å². The molecule has 0 aliphatic heterocycles. The minimum Gasteiger partial charge on any atom is -0.480 e. The van der Waals surface area contributed by atoms with Crippen molar-refractivity contribution in [3.8, 4) is 0 Å². The van der Waals surface area contributed by atoms with Crippen LogP contribution in [0.2, 0.25) is 0 Å². The Balaban J connectivity index is 2.89. The monoisotopic (exact) mass is 317 g/mol. The number of carbonyl (C=O) groups is 1. The molecule has 1 aromatic heterocycles. The Hall–Kier alpha value is -1.41. The maximum atomic E-state index is 12.2. The molecule has 0 fully saturated rings. The lowest BCUT2D eigenvalue weighted by Gasteiger charge is -2.15. The number of imidazole rings is 1. The van der Waals surface area contributed by atoms with Gasteiger partial charge in [0, 0.05) is 12.7 Å². The topological polar surface area (TPSA) is 101 Å². The van der Waals surface area contributed by atoms with Gasteiger partial charge < -0.3 is 9.67 Å². The lowest BCUT2D eigenvalue weighted by atomic mass is 10.1. The molecule has 0 radical (unpaired) electrons. The summed E-state index contributed by atoms with van der Waals surface area (Å²) in [5.41, 5.74) is 0.